The summed E-state index contributed by atoms with van der Waals surface area (Å²) in [6.45, 7) is 1.53. The van der Waals surface area contributed by atoms with E-state index < -0.39 is 0 Å². The van der Waals surface area contributed by atoms with Crippen molar-refractivity contribution >= 4 is 11.7 Å². The molecule has 3 rings (SSSR count). The fraction of sp³-hybridized carbons (Fsp3) is 0.353. The number of benzene rings is 1. The average Bonchev–Trinajstić information content (AvgIpc) is 2.63. The maximum Gasteiger partial charge on any atom is 0.321 e. The summed E-state index contributed by atoms with van der Waals surface area (Å²) in [6.07, 6.45) is 4.92. The van der Waals surface area contributed by atoms with Crippen LogP contribution in [0.2, 0.25) is 0 Å². The third kappa shape index (κ3) is 3.84. The first-order valence-corrected chi connectivity index (χ1v) is 7.80. The lowest BCUT2D eigenvalue weighted by atomic mass is 9.98. The van der Waals surface area contributed by atoms with Gasteiger partial charge in [0.15, 0.2) is 5.82 Å². The van der Waals surface area contributed by atoms with Crippen molar-refractivity contribution in [3.05, 3.63) is 42.7 Å². The lowest BCUT2D eigenvalue weighted by molar-refractivity contribution is 0.143. The predicted molar refractivity (Wildman–Crippen MR) is 87.9 cm³/mol. The van der Waals surface area contributed by atoms with Gasteiger partial charge in [0.1, 0.15) is 0 Å². The number of aromatic nitrogens is 2. The standard InChI is InChI=1S/C17H20N4O2/c22-12-13-6-8-21(9-7-13)17(23)20-15-10-18-16(19-11-15)14-4-2-1-3-5-14/h1-5,10-11,13,22H,6-9,12H2,(H,20,23). The van der Waals surface area contributed by atoms with E-state index in [1.165, 1.54) is 0 Å². The molecule has 6 heteroatoms. The molecular formula is C17H20N4O2. The molecule has 1 aromatic carbocycles. The third-order valence-electron chi connectivity index (χ3n) is 4.10. The Balaban J connectivity index is 1.59. The zero-order chi connectivity index (χ0) is 16.1. The van der Waals surface area contributed by atoms with E-state index in [1.807, 2.05) is 30.3 Å². The van der Waals surface area contributed by atoms with E-state index in [1.54, 1.807) is 17.3 Å². The Morgan fingerprint density at radius 1 is 1.17 bits per heavy atom. The topological polar surface area (TPSA) is 78.4 Å². The van der Waals surface area contributed by atoms with E-state index in [9.17, 15) is 4.79 Å². The Bertz CT molecular complexity index is 637. The molecule has 1 saturated heterocycles. The Morgan fingerprint density at radius 2 is 1.83 bits per heavy atom. The largest absolute Gasteiger partial charge is 0.396 e. The number of hydrogen-bond donors (Lipinski definition) is 2. The van der Waals surface area contributed by atoms with Gasteiger partial charge in [-0.3, -0.25) is 0 Å². The van der Waals surface area contributed by atoms with Crippen LogP contribution in [0.1, 0.15) is 12.8 Å². The molecule has 1 aliphatic heterocycles. The minimum absolute atomic E-state index is 0.141. The number of nitrogens with zero attached hydrogens (tertiary/aromatic N) is 3. The highest BCUT2D eigenvalue weighted by atomic mass is 16.3. The first kappa shape index (κ1) is 15.4. The number of carbonyl (C=O) groups is 1. The summed E-state index contributed by atoms with van der Waals surface area (Å²) in [5, 5.41) is 12.0. The molecule has 1 aliphatic rings. The van der Waals surface area contributed by atoms with E-state index in [4.69, 9.17) is 5.11 Å². The van der Waals surface area contributed by atoms with Gasteiger partial charge in [-0.2, -0.15) is 0 Å². The third-order valence-corrected chi connectivity index (χ3v) is 4.10. The van der Waals surface area contributed by atoms with Gasteiger partial charge in [-0.25, -0.2) is 14.8 Å². The number of urea groups is 1. The second kappa shape index (κ2) is 7.19. The van der Waals surface area contributed by atoms with Crippen LogP contribution in [0.4, 0.5) is 10.5 Å². The second-order valence-corrected chi connectivity index (χ2v) is 5.70. The highest BCUT2D eigenvalue weighted by Crippen LogP contribution is 2.18. The van der Waals surface area contributed by atoms with E-state index in [0.717, 1.165) is 18.4 Å². The lowest BCUT2D eigenvalue weighted by Gasteiger charge is -2.31. The van der Waals surface area contributed by atoms with Gasteiger partial charge in [0.25, 0.3) is 0 Å². The molecule has 0 atom stereocenters. The van der Waals surface area contributed by atoms with Gasteiger partial charge in [-0.05, 0) is 18.8 Å². The molecular weight excluding hydrogens is 292 g/mol. The highest BCUT2D eigenvalue weighted by molar-refractivity contribution is 5.89. The molecule has 0 spiro atoms. The molecule has 1 aromatic heterocycles. The van der Waals surface area contributed by atoms with Gasteiger partial charge in [0, 0.05) is 25.3 Å². The molecule has 0 unspecified atom stereocenters. The number of amides is 2. The van der Waals surface area contributed by atoms with E-state index in [2.05, 4.69) is 15.3 Å². The molecule has 0 bridgehead atoms. The number of likely N-dealkylation sites (tertiary alicyclic amines) is 1. The van der Waals surface area contributed by atoms with Gasteiger partial charge in [0.05, 0.1) is 18.1 Å². The van der Waals surface area contributed by atoms with Crippen molar-refractivity contribution in [2.75, 3.05) is 25.0 Å². The molecule has 6 nitrogen and oxygen atoms in total. The van der Waals surface area contributed by atoms with Gasteiger partial charge in [-0.15, -0.1) is 0 Å². The normalized spacial score (nSPS) is 15.4. The molecule has 2 amide bonds. The smallest absolute Gasteiger partial charge is 0.321 e. The minimum Gasteiger partial charge on any atom is -0.396 e. The van der Waals surface area contributed by atoms with Crippen molar-refractivity contribution in [1.29, 1.82) is 0 Å². The number of aliphatic hydroxyl groups excluding tert-OH is 1. The van der Waals surface area contributed by atoms with E-state index in [0.29, 0.717) is 30.5 Å². The van der Waals surface area contributed by atoms with Gasteiger partial charge < -0.3 is 15.3 Å². The quantitative estimate of drug-likeness (QED) is 0.912. The Labute approximate surface area is 135 Å². The van der Waals surface area contributed by atoms with Crippen LogP contribution in [0, 0.1) is 5.92 Å². The Hall–Kier alpha value is -2.47. The van der Waals surface area contributed by atoms with Crippen molar-refractivity contribution in [3.8, 4) is 11.4 Å². The van der Waals surface area contributed by atoms with Gasteiger partial charge in [-0.1, -0.05) is 30.3 Å². The summed E-state index contributed by atoms with van der Waals surface area (Å²) in [6, 6.07) is 9.56. The highest BCUT2D eigenvalue weighted by Gasteiger charge is 2.22. The van der Waals surface area contributed by atoms with Crippen molar-refractivity contribution in [2.45, 2.75) is 12.8 Å². The molecule has 23 heavy (non-hydrogen) atoms. The Kier molecular flexibility index (Phi) is 4.83. The first-order valence-electron chi connectivity index (χ1n) is 7.80. The van der Waals surface area contributed by atoms with Crippen LogP contribution in [0.5, 0.6) is 0 Å². The van der Waals surface area contributed by atoms with Gasteiger partial charge in [0.2, 0.25) is 0 Å². The number of anilines is 1. The monoisotopic (exact) mass is 312 g/mol. The summed E-state index contributed by atoms with van der Waals surface area (Å²) in [5.74, 6) is 0.944. The molecule has 2 N–H and O–H groups in total. The number of nitrogens with one attached hydrogen (secondary N) is 1. The van der Waals surface area contributed by atoms with Crippen LogP contribution in [0.3, 0.4) is 0 Å². The summed E-state index contributed by atoms with van der Waals surface area (Å²) < 4.78 is 0. The van der Waals surface area contributed by atoms with E-state index in [-0.39, 0.29) is 12.6 Å². The van der Waals surface area contributed by atoms with Crippen molar-refractivity contribution in [1.82, 2.24) is 14.9 Å². The predicted octanol–water partition coefficient (Wildman–Crippen LogP) is 2.38. The fourth-order valence-corrected chi connectivity index (χ4v) is 2.65. The van der Waals surface area contributed by atoms with E-state index >= 15 is 0 Å². The van der Waals surface area contributed by atoms with Crippen molar-refractivity contribution < 1.29 is 9.90 Å². The van der Waals surface area contributed by atoms with Crippen LogP contribution in [0.25, 0.3) is 11.4 Å². The maximum atomic E-state index is 12.2. The SMILES string of the molecule is O=C(Nc1cnc(-c2ccccc2)nc1)N1CCC(CO)CC1. The zero-order valence-electron chi connectivity index (χ0n) is 12.9. The fourth-order valence-electron chi connectivity index (χ4n) is 2.65. The molecule has 2 aromatic rings. The van der Waals surface area contributed by atoms with Crippen LogP contribution in [-0.4, -0.2) is 45.7 Å². The number of piperidine rings is 1. The molecule has 1 fully saturated rings. The first-order chi connectivity index (χ1) is 11.3. The maximum absolute atomic E-state index is 12.2. The van der Waals surface area contributed by atoms with Crippen LogP contribution >= 0.6 is 0 Å². The number of aliphatic hydroxyl groups is 1. The Morgan fingerprint density at radius 3 is 2.43 bits per heavy atom. The lowest BCUT2D eigenvalue weighted by Crippen LogP contribution is -2.41. The zero-order valence-corrected chi connectivity index (χ0v) is 12.9. The molecule has 0 saturated carbocycles. The van der Waals surface area contributed by atoms with Gasteiger partial charge >= 0.3 is 6.03 Å². The average molecular weight is 312 g/mol. The molecule has 120 valence electrons. The molecule has 0 aliphatic carbocycles. The van der Waals surface area contributed by atoms with Crippen molar-refractivity contribution in [3.63, 3.8) is 0 Å². The minimum atomic E-state index is -0.141. The molecule has 2 heterocycles. The summed E-state index contributed by atoms with van der Waals surface area (Å²) in [7, 11) is 0. The summed E-state index contributed by atoms with van der Waals surface area (Å²) >= 11 is 0. The number of rotatable bonds is 3. The van der Waals surface area contributed by atoms with Crippen molar-refractivity contribution in [2.24, 2.45) is 5.92 Å². The molecule has 0 radical (unpaired) electrons. The van der Waals surface area contributed by atoms with Crippen LogP contribution in [0.15, 0.2) is 42.7 Å². The number of carbonyl (C=O) groups excluding carboxylic acids is 1. The number of hydrogen-bond acceptors (Lipinski definition) is 4. The van der Waals surface area contributed by atoms with Crippen LogP contribution < -0.4 is 5.32 Å². The van der Waals surface area contributed by atoms with Crippen LogP contribution in [-0.2, 0) is 0 Å². The second-order valence-electron chi connectivity index (χ2n) is 5.70. The summed E-state index contributed by atoms with van der Waals surface area (Å²) in [5.41, 5.74) is 1.52. The summed E-state index contributed by atoms with van der Waals surface area (Å²) in [4.78, 5) is 22.6.